The third kappa shape index (κ3) is 2.04. The molecule has 0 spiro atoms. The molecule has 1 aliphatic heterocycles. The lowest BCUT2D eigenvalue weighted by atomic mass is 9.89. The second-order valence-corrected chi connectivity index (χ2v) is 6.17. The molecule has 1 fully saturated rings. The Morgan fingerprint density at radius 2 is 2.31 bits per heavy atom. The predicted octanol–water partition coefficient (Wildman–Crippen LogP) is 2.38. The van der Waals surface area contributed by atoms with Gasteiger partial charge in [0.1, 0.15) is 0 Å². The Balaban J connectivity index is 1.68. The van der Waals surface area contributed by atoms with Gasteiger partial charge in [0.2, 0.25) is 0 Å². The Hall–Kier alpha value is -0.380. The van der Waals surface area contributed by atoms with Crippen molar-refractivity contribution in [2.75, 3.05) is 6.54 Å². The maximum atomic E-state index is 6.08. The van der Waals surface area contributed by atoms with Crippen molar-refractivity contribution in [1.29, 1.82) is 0 Å². The first-order chi connectivity index (χ1) is 7.83. The fourth-order valence-electron chi connectivity index (χ4n) is 3.11. The van der Waals surface area contributed by atoms with E-state index in [2.05, 4.69) is 16.3 Å². The molecule has 16 heavy (non-hydrogen) atoms. The van der Waals surface area contributed by atoms with Gasteiger partial charge in [-0.2, -0.15) is 0 Å². The van der Waals surface area contributed by atoms with Crippen molar-refractivity contribution in [2.45, 2.75) is 50.7 Å². The SMILES string of the molecule is NC1CCCC(N2CCc3sccc3C2)C1. The number of rotatable bonds is 1. The van der Waals surface area contributed by atoms with Gasteiger partial charge in [0.15, 0.2) is 0 Å². The summed E-state index contributed by atoms with van der Waals surface area (Å²) in [6, 6.07) is 3.49. The van der Waals surface area contributed by atoms with Crippen molar-refractivity contribution in [3.8, 4) is 0 Å². The third-order valence-electron chi connectivity index (χ3n) is 4.04. The van der Waals surface area contributed by atoms with Crippen LogP contribution in [0, 0.1) is 0 Å². The summed E-state index contributed by atoms with van der Waals surface area (Å²) in [6.07, 6.45) is 6.36. The van der Waals surface area contributed by atoms with Crippen LogP contribution in [0.4, 0.5) is 0 Å². The van der Waals surface area contributed by atoms with Crippen LogP contribution in [0.15, 0.2) is 11.4 Å². The molecule has 0 aromatic carbocycles. The molecule has 3 rings (SSSR count). The fraction of sp³-hybridized carbons (Fsp3) is 0.692. The largest absolute Gasteiger partial charge is 0.328 e. The van der Waals surface area contributed by atoms with Crippen LogP contribution in [0.25, 0.3) is 0 Å². The van der Waals surface area contributed by atoms with Crippen LogP contribution < -0.4 is 5.73 Å². The van der Waals surface area contributed by atoms with Crippen LogP contribution in [0.3, 0.4) is 0 Å². The van der Waals surface area contributed by atoms with E-state index in [4.69, 9.17) is 5.73 Å². The van der Waals surface area contributed by atoms with Crippen molar-refractivity contribution in [1.82, 2.24) is 4.90 Å². The van der Waals surface area contributed by atoms with Crippen LogP contribution in [0.1, 0.15) is 36.1 Å². The minimum atomic E-state index is 0.447. The van der Waals surface area contributed by atoms with E-state index in [9.17, 15) is 0 Å². The van der Waals surface area contributed by atoms with Crippen LogP contribution in [-0.2, 0) is 13.0 Å². The molecule has 0 saturated heterocycles. The van der Waals surface area contributed by atoms with Gasteiger partial charge in [0.25, 0.3) is 0 Å². The summed E-state index contributed by atoms with van der Waals surface area (Å²) in [5.41, 5.74) is 7.65. The van der Waals surface area contributed by atoms with Gasteiger partial charge in [-0.05, 0) is 42.7 Å². The van der Waals surface area contributed by atoms with Crippen molar-refractivity contribution in [3.63, 3.8) is 0 Å². The maximum absolute atomic E-state index is 6.08. The molecule has 88 valence electrons. The summed E-state index contributed by atoms with van der Waals surface area (Å²) < 4.78 is 0. The smallest absolute Gasteiger partial charge is 0.0247 e. The minimum Gasteiger partial charge on any atom is -0.328 e. The number of nitrogens with zero attached hydrogens (tertiary/aromatic N) is 1. The summed E-state index contributed by atoms with van der Waals surface area (Å²) >= 11 is 1.92. The lowest BCUT2D eigenvalue weighted by Crippen LogP contribution is -2.44. The molecule has 1 aromatic heterocycles. The van der Waals surface area contributed by atoms with Gasteiger partial charge in [-0.3, -0.25) is 4.90 Å². The number of nitrogens with two attached hydrogens (primary N) is 1. The van der Waals surface area contributed by atoms with Gasteiger partial charge in [-0.15, -0.1) is 11.3 Å². The molecule has 2 N–H and O–H groups in total. The molecule has 0 amide bonds. The van der Waals surface area contributed by atoms with E-state index in [1.807, 2.05) is 11.3 Å². The minimum absolute atomic E-state index is 0.447. The molecule has 0 bridgehead atoms. The average Bonchev–Trinajstić information content (AvgIpc) is 2.75. The molecule has 0 radical (unpaired) electrons. The molecule has 2 atom stereocenters. The fourth-order valence-corrected chi connectivity index (χ4v) is 4.00. The van der Waals surface area contributed by atoms with Crippen molar-refractivity contribution in [3.05, 3.63) is 21.9 Å². The molecule has 2 nitrogen and oxygen atoms in total. The highest BCUT2D eigenvalue weighted by atomic mass is 32.1. The zero-order chi connectivity index (χ0) is 11.0. The van der Waals surface area contributed by atoms with Crippen molar-refractivity contribution < 1.29 is 0 Å². The summed E-state index contributed by atoms with van der Waals surface area (Å²) in [5, 5.41) is 2.24. The van der Waals surface area contributed by atoms with E-state index in [1.54, 1.807) is 10.4 Å². The Morgan fingerprint density at radius 1 is 1.38 bits per heavy atom. The number of fused-ring (bicyclic) bond motifs is 1. The predicted molar refractivity (Wildman–Crippen MR) is 68.7 cm³/mol. The molecule has 1 saturated carbocycles. The third-order valence-corrected chi connectivity index (χ3v) is 5.06. The number of hydrogen-bond acceptors (Lipinski definition) is 3. The molecule has 2 unspecified atom stereocenters. The molecular formula is C13H20N2S. The summed E-state index contributed by atoms with van der Waals surface area (Å²) in [6.45, 7) is 2.40. The van der Waals surface area contributed by atoms with Crippen LogP contribution >= 0.6 is 11.3 Å². The molecule has 1 aromatic rings. The van der Waals surface area contributed by atoms with Crippen LogP contribution in [-0.4, -0.2) is 23.5 Å². The Morgan fingerprint density at radius 3 is 3.19 bits per heavy atom. The second-order valence-electron chi connectivity index (χ2n) is 5.17. The van der Waals surface area contributed by atoms with E-state index < -0.39 is 0 Å². The molecule has 2 heterocycles. The van der Waals surface area contributed by atoms with Crippen LogP contribution in [0.5, 0.6) is 0 Å². The zero-order valence-corrected chi connectivity index (χ0v) is 10.5. The quantitative estimate of drug-likeness (QED) is 0.811. The van der Waals surface area contributed by atoms with Crippen molar-refractivity contribution in [2.24, 2.45) is 5.73 Å². The highest BCUT2D eigenvalue weighted by Gasteiger charge is 2.27. The standard InChI is InChI=1S/C13H20N2S/c14-11-2-1-3-12(8-11)15-6-4-13-10(9-15)5-7-16-13/h5,7,11-12H,1-4,6,8-9,14H2. The Kier molecular flexibility index (Phi) is 3.01. The lowest BCUT2D eigenvalue weighted by molar-refractivity contribution is 0.134. The summed E-state index contributed by atoms with van der Waals surface area (Å²) in [7, 11) is 0. The molecule has 3 heteroatoms. The lowest BCUT2D eigenvalue weighted by Gasteiger charge is -2.38. The molecular weight excluding hydrogens is 216 g/mol. The van der Waals surface area contributed by atoms with E-state index in [1.165, 1.54) is 38.6 Å². The topological polar surface area (TPSA) is 29.3 Å². The zero-order valence-electron chi connectivity index (χ0n) is 9.69. The second kappa shape index (κ2) is 4.47. The van der Waals surface area contributed by atoms with Gasteiger partial charge in [-0.25, -0.2) is 0 Å². The van der Waals surface area contributed by atoms with Crippen LogP contribution in [0.2, 0.25) is 0 Å². The van der Waals surface area contributed by atoms with E-state index in [0.29, 0.717) is 6.04 Å². The van der Waals surface area contributed by atoms with E-state index in [0.717, 1.165) is 12.6 Å². The number of hydrogen-bond donors (Lipinski definition) is 1. The number of thiophene rings is 1. The highest BCUT2D eigenvalue weighted by molar-refractivity contribution is 7.10. The van der Waals surface area contributed by atoms with E-state index >= 15 is 0 Å². The average molecular weight is 236 g/mol. The summed E-state index contributed by atoms with van der Waals surface area (Å²) in [5.74, 6) is 0. The normalized spacial score (nSPS) is 31.3. The first kappa shape index (κ1) is 10.8. The van der Waals surface area contributed by atoms with Gasteiger partial charge in [-0.1, -0.05) is 6.42 Å². The van der Waals surface area contributed by atoms with Gasteiger partial charge < -0.3 is 5.73 Å². The molecule has 1 aliphatic carbocycles. The van der Waals surface area contributed by atoms with Crippen molar-refractivity contribution >= 4 is 11.3 Å². The van der Waals surface area contributed by atoms with Gasteiger partial charge >= 0.3 is 0 Å². The first-order valence-corrected chi connectivity index (χ1v) is 7.26. The van der Waals surface area contributed by atoms with E-state index in [-0.39, 0.29) is 0 Å². The van der Waals surface area contributed by atoms with Gasteiger partial charge in [0, 0.05) is 30.1 Å². The maximum Gasteiger partial charge on any atom is 0.0247 e. The Bertz CT molecular complexity index is 361. The Labute approximate surface area is 101 Å². The monoisotopic (exact) mass is 236 g/mol. The molecule has 2 aliphatic rings. The highest BCUT2D eigenvalue weighted by Crippen LogP contribution is 2.29. The first-order valence-electron chi connectivity index (χ1n) is 6.38. The summed E-state index contributed by atoms with van der Waals surface area (Å²) in [4.78, 5) is 4.27. The van der Waals surface area contributed by atoms with Gasteiger partial charge in [0.05, 0.1) is 0 Å².